The van der Waals surface area contributed by atoms with E-state index in [1.54, 1.807) is 0 Å². The lowest BCUT2D eigenvalue weighted by Gasteiger charge is -2.40. The van der Waals surface area contributed by atoms with Crippen molar-refractivity contribution in [2.24, 2.45) is 5.73 Å². The maximum absolute atomic E-state index is 5.83. The summed E-state index contributed by atoms with van der Waals surface area (Å²) in [5, 5.41) is 0. The molecule has 0 spiro atoms. The molecular formula is C11H14BrNS. The summed E-state index contributed by atoms with van der Waals surface area (Å²) in [4.78, 5) is 1.32. The van der Waals surface area contributed by atoms with Crippen molar-refractivity contribution >= 4 is 27.7 Å². The van der Waals surface area contributed by atoms with Crippen LogP contribution in [-0.2, 0) is 0 Å². The Bertz CT molecular complexity index is 317. The molecule has 1 aromatic carbocycles. The second kappa shape index (κ2) is 4.25. The van der Waals surface area contributed by atoms with Gasteiger partial charge in [-0.25, -0.2) is 0 Å². The third-order valence-electron chi connectivity index (χ3n) is 2.80. The molecule has 1 fully saturated rings. The molecule has 3 heteroatoms. The largest absolute Gasteiger partial charge is 0.329 e. The van der Waals surface area contributed by atoms with Crippen molar-refractivity contribution in [1.82, 2.24) is 0 Å². The first-order valence-corrected chi connectivity index (χ1v) is 6.50. The topological polar surface area (TPSA) is 26.0 Å². The summed E-state index contributed by atoms with van der Waals surface area (Å²) in [6, 6.07) is 8.37. The molecule has 76 valence electrons. The standard InChI is InChI=1S/C11H14BrNS/c12-9-4-1-2-5-10(9)14-11(8-13)6-3-7-11/h1-2,4-5H,3,6-8,13H2. The van der Waals surface area contributed by atoms with Crippen LogP contribution >= 0.6 is 27.7 Å². The van der Waals surface area contributed by atoms with Crippen LogP contribution in [0.4, 0.5) is 0 Å². The fourth-order valence-electron chi connectivity index (χ4n) is 1.68. The van der Waals surface area contributed by atoms with Crippen molar-refractivity contribution in [3.05, 3.63) is 28.7 Å². The molecule has 14 heavy (non-hydrogen) atoms. The van der Waals surface area contributed by atoms with E-state index in [0.717, 1.165) is 6.54 Å². The van der Waals surface area contributed by atoms with E-state index in [4.69, 9.17) is 5.73 Å². The molecule has 0 amide bonds. The molecule has 0 aliphatic heterocycles. The predicted octanol–water partition coefficient (Wildman–Crippen LogP) is 3.42. The molecule has 1 saturated carbocycles. The van der Waals surface area contributed by atoms with Gasteiger partial charge in [0.05, 0.1) is 0 Å². The molecule has 0 bridgehead atoms. The fraction of sp³-hybridized carbons (Fsp3) is 0.455. The highest BCUT2D eigenvalue weighted by atomic mass is 79.9. The zero-order valence-corrected chi connectivity index (χ0v) is 10.4. The minimum atomic E-state index is 0.323. The van der Waals surface area contributed by atoms with Gasteiger partial charge >= 0.3 is 0 Å². The van der Waals surface area contributed by atoms with Gasteiger partial charge in [0, 0.05) is 20.7 Å². The highest BCUT2D eigenvalue weighted by molar-refractivity contribution is 9.10. The van der Waals surface area contributed by atoms with E-state index in [1.165, 1.54) is 28.6 Å². The smallest absolute Gasteiger partial charge is 0.0329 e. The molecule has 1 nitrogen and oxygen atoms in total. The summed E-state index contributed by atoms with van der Waals surface area (Å²) in [7, 11) is 0. The van der Waals surface area contributed by atoms with Crippen LogP contribution in [0.1, 0.15) is 19.3 Å². The van der Waals surface area contributed by atoms with E-state index in [2.05, 4.69) is 34.1 Å². The SMILES string of the molecule is NCC1(Sc2ccccc2Br)CCC1. The lowest BCUT2D eigenvalue weighted by atomic mass is 9.84. The van der Waals surface area contributed by atoms with Crippen molar-refractivity contribution in [1.29, 1.82) is 0 Å². The second-order valence-electron chi connectivity index (χ2n) is 3.77. The molecule has 0 atom stereocenters. The Hall–Kier alpha value is 0.01000. The van der Waals surface area contributed by atoms with Crippen LogP contribution in [-0.4, -0.2) is 11.3 Å². The first-order valence-electron chi connectivity index (χ1n) is 4.89. The molecule has 2 rings (SSSR count). The van der Waals surface area contributed by atoms with Crippen molar-refractivity contribution in [2.45, 2.75) is 28.9 Å². The van der Waals surface area contributed by atoms with E-state index in [0.29, 0.717) is 4.75 Å². The Kier molecular flexibility index (Phi) is 3.20. The minimum Gasteiger partial charge on any atom is -0.329 e. The number of nitrogens with two attached hydrogens (primary N) is 1. The number of hydrogen-bond acceptors (Lipinski definition) is 2. The zero-order valence-electron chi connectivity index (χ0n) is 8.00. The predicted molar refractivity (Wildman–Crippen MR) is 65.6 cm³/mol. The molecule has 1 aliphatic carbocycles. The summed E-state index contributed by atoms with van der Waals surface area (Å²) in [5.74, 6) is 0. The zero-order chi connectivity index (χ0) is 10.0. The van der Waals surface area contributed by atoms with Crippen molar-refractivity contribution < 1.29 is 0 Å². The maximum Gasteiger partial charge on any atom is 0.0329 e. The molecule has 0 saturated heterocycles. The summed E-state index contributed by atoms with van der Waals surface area (Å²) in [6.45, 7) is 0.791. The number of benzene rings is 1. The number of hydrogen-bond donors (Lipinski definition) is 1. The first-order chi connectivity index (χ1) is 6.76. The van der Waals surface area contributed by atoms with Crippen LogP contribution in [0.25, 0.3) is 0 Å². The van der Waals surface area contributed by atoms with Gasteiger partial charge in [0.2, 0.25) is 0 Å². The molecule has 2 N–H and O–H groups in total. The van der Waals surface area contributed by atoms with Gasteiger partial charge in [-0.2, -0.15) is 0 Å². The second-order valence-corrected chi connectivity index (χ2v) is 6.14. The Morgan fingerprint density at radius 3 is 2.57 bits per heavy atom. The minimum absolute atomic E-state index is 0.323. The molecule has 0 heterocycles. The normalized spacial score (nSPS) is 19.0. The van der Waals surface area contributed by atoms with Gasteiger partial charge in [0.15, 0.2) is 0 Å². The van der Waals surface area contributed by atoms with Gasteiger partial charge in [0.25, 0.3) is 0 Å². The lowest BCUT2D eigenvalue weighted by Crippen LogP contribution is -2.40. The highest BCUT2D eigenvalue weighted by Gasteiger charge is 2.36. The summed E-state index contributed by atoms with van der Waals surface area (Å²) >= 11 is 5.50. The Morgan fingerprint density at radius 2 is 2.07 bits per heavy atom. The van der Waals surface area contributed by atoms with E-state index >= 15 is 0 Å². The lowest BCUT2D eigenvalue weighted by molar-refractivity contribution is 0.371. The van der Waals surface area contributed by atoms with Crippen molar-refractivity contribution in [3.63, 3.8) is 0 Å². The van der Waals surface area contributed by atoms with Gasteiger partial charge in [0.1, 0.15) is 0 Å². The Labute approximate surface area is 97.6 Å². The summed E-state index contributed by atoms with van der Waals surface area (Å²) in [5.41, 5.74) is 5.83. The quantitative estimate of drug-likeness (QED) is 0.912. The van der Waals surface area contributed by atoms with Gasteiger partial charge in [-0.05, 0) is 40.9 Å². The van der Waals surface area contributed by atoms with Crippen LogP contribution in [0.2, 0.25) is 0 Å². The van der Waals surface area contributed by atoms with E-state index < -0.39 is 0 Å². The molecule has 0 aromatic heterocycles. The van der Waals surface area contributed by atoms with Gasteiger partial charge in [-0.15, -0.1) is 11.8 Å². The third kappa shape index (κ3) is 2.00. The van der Waals surface area contributed by atoms with Crippen LogP contribution in [0.15, 0.2) is 33.6 Å². The van der Waals surface area contributed by atoms with Crippen LogP contribution in [0.3, 0.4) is 0 Å². The van der Waals surface area contributed by atoms with Crippen LogP contribution in [0, 0.1) is 0 Å². The Balaban J connectivity index is 2.13. The number of halogens is 1. The molecule has 0 unspecified atom stereocenters. The number of thioether (sulfide) groups is 1. The van der Waals surface area contributed by atoms with E-state index in [-0.39, 0.29) is 0 Å². The summed E-state index contributed by atoms with van der Waals surface area (Å²) in [6.07, 6.45) is 3.85. The molecule has 0 radical (unpaired) electrons. The van der Waals surface area contributed by atoms with Gasteiger partial charge in [-0.1, -0.05) is 18.6 Å². The Morgan fingerprint density at radius 1 is 1.36 bits per heavy atom. The first kappa shape index (κ1) is 10.5. The third-order valence-corrected chi connectivity index (χ3v) is 5.34. The highest BCUT2D eigenvalue weighted by Crippen LogP contribution is 2.48. The molecule has 1 aliphatic rings. The summed E-state index contributed by atoms with van der Waals surface area (Å²) < 4.78 is 1.51. The van der Waals surface area contributed by atoms with Gasteiger partial charge in [-0.3, -0.25) is 0 Å². The number of rotatable bonds is 3. The molecule has 1 aromatic rings. The van der Waals surface area contributed by atoms with E-state index in [9.17, 15) is 0 Å². The van der Waals surface area contributed by atoms with Crippen molar-refractivity contribution in [3.8, 4) is 0 Å². The van der Waals surface area contributed by atoms with Crippen molar-refractivity contribution in [2.75, 3.05) is 6.54 Å². The molecular weight excluding hydrogens is 258 g/mol. The van der Waals surface area contributed by atoms with Gasteiger partial charge < -0.3 is 5.73 Å². The maximum atomic E-state index is 5.83. The average Bonchev–Trinajstić information content (AvgIpc) is 2.14. The van der Waals surface area contributed by atoms with Crippen LogP contribution in [0.5, 0.6) is 0 Å². The monoisotopic (exact) mass is 271 g/mol. The van der Waals surface area contributed by atoms with Crippen LogP contribution < -0.4 is 5.73 Å². The fourth-order valence-corrected chi connectivity index (χ4v) is 3.56. The van der Waals surface area contributed by atoms with E-state index in [1.807, 2.05) is 17.8 Å². The average molecular weight is 272 g/mol.